The molecule has 8 heteroatoms. The molecule has 0 aliphatic carbocycles. The summed E-state index contributed by atoms with van der Waals surface area (Å²) in [5.74, 6) is 0.349. The minimum Gasteiger partial charge on any atom is -0.495 e. The molecule has 0 radical (unpaired) electrons. The van der Waals surface area contributed by atoms with Gasteiger partial charge in [0.2, 0.25) is 0 Å². The Labute approximate surface area is 122 Å². The number of nitrogen functional groups attached to an aromatic ring is 1. The van der Waals surface area contributed by atoms with Crippen molar-refractivity contribution in [3.63, 3.8) is 0 Å². The van der Waals surface area contributed by atoms with Gasteiger partial charge in [0.05, 0.1) is 18.5 Å². The fourth-order valence-corrected chi connectivity index (χ4v) is 2.83. The summed E-state index contributed by atoms with van der Waals surface area (Å²) in [4.78, 5) is 3.54. The fourth-order valence-electron chi connectivity index (χ4n) is 1.68. The van der Waals surface area contributed by atoms with Crippen LogP contribution in [0.15, 0.2) is 41.4 Å². The molecule has 0 fully saturated rings. The third-order valence-electron chi connectivity index (χ3n) is 2.65. The van der Waals surface area contributed by atoms with Gasteiger partial charge in [-0.3, -0.25) is 4.72 Å². The van der Waals surface area contributed by atoms with Crippen molar-refractivity contribution >= 4 is 21.4 Å². The van der Waals surface area contributed by atoms with Crippen LogP contribution in [0, 0.1) is 11.3 Å². The first-order chi connectivity index (χ1) is 9.97. The molecular formula is C13H12N4O3S. The second-order valence-electron chi connectivity index (χ2n) is 4.02. The Bertz CT molecular complexity index is 812. The molecule has 0 aliphatic heterocycles. The maximum absolute atomic E-state index is 12.3. The number of nitrogens with two attached hydrogens (primary N) is 1. The van der Waals surface area contributed by atoms with Crippen molar-refractivity contribution in [3.05, 3.63) is 42.2 Å². The molecule has 0 aliphatic rings. The summed E-state index contributed by atoms with van der Waals surface area (Å²) in [7, 11) is -2.50. The molecule has 108 valence electrons. The SMILES string of the molecule is COc1cc(NS(=O)(=O)c2cccnc2C#N)ccc1N. The van der Waals surface area contributed by atoms with E-state index in [-0.39, 0.29) is 16.3 Å². The topological polar surface area (TPSA) is 118 Å². The number of nitrogens with one attached hydrogen (secondary N) is 1. The number of anilines is 2. The van der Waals surface area contributed by atoms with E-state index in [9.17, 15) is 8.42 Å². The highest BCUT2D eigenvalue weighted by Gasteiger charge is 2.19. The van der Waals surface area contributed by atoms with Gasteiger partial charge in [0.1, 0.15) is 16.7 Å². The summed E-state index contributed by atoms with van der Waals surface area (Å²) in [6, 6.07) is 8.97. The first-order valence-corrected chi connectivity index (χ1v) is 7.27. The van der Waals surface area contributed by atoms with Crippen LogP contribution in [0.3, 0.4) is 0 Å². The van der Waals surface area contributed by atoms with Crippen LogP contribution in [0.25, 0.3) is 0 Å². The molecule has 0 unspecified atom stereocenters. The van der Waals surface area contributed by atoms with E-state index in [0.717, 1.165) is 0 Å². The van der Waals surface area contributed by atoms with E-state index in [1.807, 2.05) is 0 Å². The van der Waals surface area contributed by atoms with E-state index in [1.54, 1.807) is 6.07 Å². The minimum absolute atomic E-state index is 0.174. The summed E-state index contributed by atoms with van der Waals surface area (Å²) >= 11 is 0. The van der Waals surface area contributed by atoms with Crippen molar-refractivity contribution in [3.8, 4) is 11.8 Å². The molecule has 0 bridgehead atoms. The van der Waals surface area contributed by atoms with Gasteiger partial charge in [0, 0.05) is 12.3 Å². The van der Waals surface area contributed by atoms with Gasteiger partial charge in [-0.25, -0.2) is 13.4 Å². The standard InChI is InChI=1S/C13H12N4O3S/c1-20-12-7-9(4-5-10(12)15)17-21(18,19)13-3-2-6-16-11(13)8-14/h2-7,17H,15H2,1H3. The van der Waals surface area contributed by atoms with E-state index in [2.05, 4.69) is 9.71 Å². The highest BCUT2D eigenvalue weighted by molar-refractivity contribution is 7.92. The lowest BCUT2D eigenvalue weighted by Crippen LogP contribution is -2.15. The number of nitriles is 1. The van der Waals surface area contributed by atoms with Crippen LogP contribution in [0.1, 0.15) is 5.69 Å². The lowest BCUT2D eigenvalue weighted by molar-refractivity contribution is 0.417. The van der Waals surface area contributed by atoms with Crippen LogP contribution >= 0.6 is 0 Å². The number of aromatic nitrogens is 1. The number of pyridine rings is 1. The molecule has 2 aromatic rings. The van der Waals surface area contributed by atoms with Gasteiger partial charge in [-0.1, -0.05) is 0 Å². The monoisotopic (exact) mass is 304 g/mol. The molecule has 1 aromatic carbocycles. The van der Waals surface area contributed by atoms with E-state index in [1.165, 1.54) is 43.6 Å². The van der Waals surface area contributed by atoms with Gasteiger partial charge in [-0.05, 0) is 24.3 Å². The molecule has 1 aromatic heterocycles. The van der Waals surface area contributed by atoms with Crippen molar-refractivity contribution in [2.75, 3.05) is 17.6 Å². The van der Waals surface area contributed by atoms with Crippen LogP contribution in [0.5, 0.6) is 5.75 Å². The lowest BCUT2D eigenvalue weighted by atomic mass is 10.2. The molecule has 0 spiro atoms. The molecule has 21 heavy (non-hydrogen) atoms. The Morgan fingerprint density at radius 1 is 1.38 bits per heavy atom. The molecule has 2 rings (SSSR count). The molecular weight excluding hydrogens is 292 g/mol. The normalized spacial score (nSPS) is 10.7. The molecule has 0 saturated carbocycles. The Hall–Kier alpha value is -2.79. The van der Waals surface area contributed by atoms with Crippen LogP contribution in [-0.4, -0.2) is 20.5 Å². The smallest absolute Gasteiger partial charge is 0.264 e. The first-order valence-electron chi connectivity index (χ1n) is 5.79. The van der Waals surface area contributed by atoms with Crippen LogP contribution < -0.4 is 15.2 Å². The number of sulfonamides is 1. The molecule has 1 heterocycles. The number of hydrogen-bond acceptors (Lipinski definition) is 6. The highest BCUT2D eigenvalue weighted by atomic mass is 32.2. The predicted molar refractivity (Wildman–Crippen MR) is 77.2 cm³/mol. The number of hydrogen-bond donors (Lipinski definition) is 2. The van der Waals surface area contributed by atoms with Gasteiger partial charge in [0.15, 0.2) is 5.69 Å². The Morgan fingerprint density at radius 2 is 2.14 bits per heavy atom. The zero-order valence-corrected chi connectivity index (χ0v) is 11.9. The maximum Gasteiger partial charge on any atom is 0.264 e. The molecule has 7 nitrogen and oxygen atoms in total. The summed E-state index contributed by atoms with van der Waals surface area (Å²) in [6.07, 6.45) is 1.35. The molecule has 0 atom stereocenters. The van der Waals surface area contributed by atoms with Gasteiger partial charge in [-0.2, -0.15) is 5.26 Å². The van der Waals surface area contributed by atoms with Gasteiger partial charge in [0.25, 0.3) is 10.0 Å². The number of benzene rings is 1. The number of nitrogens with zero attached hydrogens (tertiary/aromatic N) is 2. The largest absolute Gasteiger partial charge is 0.495 e. The average Bonchev–Trinajstić information content (AvgIpc) is 2.49. The highest BCUT2D eigenvalue weighted by Crippen LogP contribution is 2.26. The fraction of sp³-hybridized carbons (Fsp3) is 0.0769. The quantitative estimate of drug-likeness (QED) is 0.823. The number of rotatable bonds is 4. The predicted octanol–water partition coefficient (Wildman–Crippen LogP) is 1.34. The third-order valence-corrected chi connectivity index (χ3v) is 4.06. The number of ether oxygens (including phenoxy) is 1. The first kappa shape index (κ1) is 14.6. The van der Waals surface area contributed by atoms with E-state index in [4.69, 9.17) is 15.7 Å². The van der Waals surface area contributed by atoms with Crippen molar-refractivity contribution in [1.82, 2.24) is 4.98 Å². The second kappa shape index (κ2) is 5.68. The van der Waals surface area contributed by atoms with Crippen molar-refractivity contribution in [1.29, 1.82) is 5.26 Å². The Morgan fingerprint density at radius 3 is 2.81 bits per heavy atom. The number of methoxy groups -OCH3 is 1. The van der Waals surface area contributed by atoms with Crippen LogP contribution in [0.2, 0.25) is 0 Å². The Kier molecular flexibility index (Phi) is 3.95. The van der Waals surface area contributed by atoms with Gasteiger partial charge in [-0.15, -0.1) is 0 Å². The van der Waals surface area contributed by atoms with Gasteiger partial charge >= 0.3 is 0 Å². The minimum atomic E-state index is -3.93. The lowest BCUT2D eigenvalue weighted by Gasteiger charge is -2.11. The summed E-state index contributed by atoms with van der Waals surface area (Å²) in [6.45, 7) is 0. The summed E-state index contributed by atoms with van der Waals surface area (Å²) < 4.78 is 32.0. The third kappa shape index (κ3) is 3.04. The zero-order valence-electron chi connectivity index (χ0n) is 11.1. The summed E-state index contributed by atoms with van der Waals surface area (Å²) in [5, 5.41) is 8.93. The second-order valence-corrected chi connectivity index (χ2v) is 5.68. The van der Waals surface area contributed by atoms with Crippen LogP contribution in [0.4, 0.5) is 11.4 Å². The molecule has 3 N–H and O–H groups in total. The molecule has 0 saturated heterocycles. The van der Waals surface area contributed by atoms with Crippen molar-refractivity contribution in [2.45, 2.75) is 4.90 Å². The van der Waals surface area contributed by atoms with Crippen molar-refractivity contribution < 1.29 is 13.2 Å². The van der Waals surface area contributed by atoms with E-state index < -0.39 is 10.0 Å². The maximum atomic E-state index is 12.3. The van der Waals surface area contributed by atoms with E-state index in [0.29, 0.717) is 11.4 Å². The van der Waals surface area contributed by atoms with Gasteiger partial charge < -0.3 is 10.5 Å². The van der Waals surface area contributed by atoms with Crippen LogP contribution in [-0.2, 0) is 10.0 Å². The average molecular weight is 304 g/mol. The van der Waals surface area contributed by atoms with Crippen molar-refractivity contribution in [2.24, 2.45) is 0 Å². The zero-order chi connectivity index (χ0) is 15.5. The molecule has 0 amide bonds. The Balaban J connectivity index is 2.40. The van der Waals surface area contributed by atoms with E-state index >= 15 is 0 Å². The summed E-state index contributed by atoms with van der Waals surface area (Å²) in [5.41, 5.74) is 6.15.